The summed E-state index contributed by atoms with van der Waals surface area (Å²) in [5.41, 5.74) is 1.85. The Morgan fingerprint density at radius 3 is 2.05 bits per heavy atom. The maximum Gasteiger partial charge on any atom is 0.329 e. The van der Waals surface area contributed by atoms with Crippen LogP contribution < -0.4 is 4.90 Å². The van der Waals surface area contributed by atoms with Gasteiger partial charge in [-0.25, -0.2) is 4.79 Å². The van der Waals surface area contributed by atoms with Crippen molar-refractivity contribution >= 4 is 29.2 Å². The summed E-state index contributed by atoms with van der Waals surface area (Å²) in [5.74, 6) is 1.08. The van der Waals surface area contributed by atoms with Crippen LogP contribution in [0.2, 0.25) is 0 Å². The maximum atomic E-state index is 13.2. The molecule has 2 heterocycles. The van der Waals surface area contributed by atoms with Crippen LogP contribution in [0.5, 0.6) is 0 Å². The van der Waals surface area contributed by atoms with Crippen molar-refractivity contribution in [2.24, 2.45) is 0 Å². The summed E-state index contributed by atoms with van der Waals surface area (Å²) in [7, 11) is 0. The van der Waals surface area contributed by atoms with Gasteiger partial charge in [-0.2, -0.15) is 11.8 Å². The lowest BCUT2D eigenvalue weighted by Crippen LogP contribution is -2.46. The fourth-order valence-corrected chi connectivity index (χ4v) is 4.72. The van der Waals surface area contributed by atoms with E-state index in [0.717, 1.165) is 30.1 Å². The zero-order valence-electron chi connectivity index (χ0n) is 12.3. The van der Waals surface area contributed by atoms with E-state index >= 15 is 0 Å². The Labute approximate surface area is 134 Å². The van der Waals surface area contributed by atoms with E-state index in [-0.39, 0.29) is 6.03 Å². The number of benzene rings is 2. The van der Waals surface area contributed by atoms with Crippen molar-refractivity contribution in [2.75, 3.05) is 17.2 Å². The van der Waals surface area contributed by atoms with Gasteiger partial charge in [-0.3, -0.25) is 4.90 Å². The first-order valence-electron chi connectivity index (χ1n) is 7.65. The number of hydrogen-bond donors (Lipinski definition) is 0. The third kappa shape index (κ3) is 2.37. The van der Waals surface area contributed by atoms with Gasteiger partial charge < -0.3 is 4.90 Å². The van der Waals surface area contributed by atoms with Crippen LogP contribution in [0.15, 0.2) is 60.7 Å². The van der Waals surface area contributed by atoms with Crippen LogP contribution in [0.3, 0.4) is 0 Å². The monoisotopic (exact) mass is 310 g/mol. The minimum absolute atomic E-state index is 0.102. The number of amides is 2. The van der Waals surface area contributed by atoms with Gasteiger partial charge in [-0.05, 0) is 30.7 Å². The molecule has 2 bridgehead atoms. The Morgan fingerprint density at radius 1 is 1.00 bits per heavy atom. The highest BCUT2D eigenvalue weighted by Gasteiger charge is 2.42. The largest absolute Gasteiger partial charge is 0.329 e. The van der Waals surface area contributed by atoms with Gasteiger partial charge in [0.2, 0.25) is 0 Å². The summed E-state index contributed by atoms with van der Waals surface area (Å²) in [5, 5.41) is 0.627. The van der Waals surface area contributed by atoms with E-state index in [1.54, 1.807) is 0 Å². The lowest BCUT2D eigenvalue weighted by atomic mass is 10.2. The van der Waals surface area contributed by atoms with E-state index in [1.807, 2.05) is 77.3 Å². The standard InChI is InChI=1S/C18H18N2OS/c21-18(19-12-17-11-16(19)13-22-17)20(14-7-3-1-4-8-14)15-9-5-2-6-10-15/h1-10,16-17H,11-13H2. The minimum atomic E-state index is 0.102. The first-order chi connectivity index (χ1) is 10.8. The summed E-state index contributed by atoms with van der Waals surface area (Å²) in [4.78, 5) is 17.1. The molecule has 2 atom stereocenters. The summed E-state index contributed by atoms with van der Waals surface area (Å²) in [6.07, 6.45) is 1.15. The Morgan fingerprint density at radius 2 is 1.59 bits per heavy atom. The number of fused-ring (bicyclic) bond motifs is 2. The molecule has 2 unspecified atom stereocenters. The predicted octanol–water partition coefficient (Wildman–Crippen LogP) is 4.13. The van der Waals surface area contributed by atoms with Crippen molar-refractivity contribution in [1.82, 2.24) is 4.90 Å². The molecule has 2 fully saturated rings. The molecule has 0 spiro atoms. The van der Waals surface area contributed by atoms with Gasteiger partial charge in [0.25, 0.3) is 0 Å². The second kappa shape index (κ2) is 5.69. The van der Waals surface area contributed by atoms with Crippen LogP contribution in [0.4, 0.5) is 16.2 Å². The van der Waals surface area contributed by atoms with Crippen LogP contribution in [-0.4, -0.2) is 34.5 Å². The molecule has 0 radical (unpaired) electrons. The highest BCUT2D eigenvalue weighted by atomic mass is 32.2. The van der Waals surface area contributed by atoms with Crippen molar-refractivity contribution in [3.8, 4) is 0 Å². The molecule has 4 heteroatoms. The molecule has 0 saturated carbocycles. The fraction of sp³-hybridized carbons (Fsp3) is 0.278. The average molecular weight is 310 g/mol. The van der Waals surface area contributed by atoms with Crippen molar-refractivity contribution in [3.05, 3.63) is 60.7 Å². The van der Waals surface area contributed by atoms with Gasteiger partial charge >= 0.3 is 6.03 Å². The molecule has 2 aliphatic rings. The molecule has 0 N–H and O–H groups in total. The molecule has 2 aromatic rings. The third-order valence-corrected chi connectivity index (χ3v) is 5.76. The van der Waals surface area contributed by atoms with E-state index in [0.29, 0.717) is 11.3 Å². The molecule has 0 aliphatic carbocycles. The number of rotatable bonds is 2. The molecular formula is C18H18N2OS. The molecular weight excluding hydrogens is 292 g/mol. The number of urea groups is 1. The average Bonchev–Trinajstić information content (AvgIpc) is 3.20. The normalized spacial score (nSPS) is 22.8. The summed E-state index contributed by atoms with van der Waals surface area (Å²) < 4.78 is 0. The zero-order valence-corrected chi connectivity index (χ0v) is 13.1. The smallest absolute Gasteiger partial charge is 0.319 e. The molecule has 2 saturated heterocycles. The minimum Gasteiger partial charge on any atom is -0.319 e. The second-order valence-electron chi connectivity index (χ2n) is 5.79. The number of carbonyl (C=O) groups is 1. The van der Waals surface area contributed by atoms with Gasteiger partial charge in [0.05, 0.1) is 11.4 Å². The predicted molar refractivity (Wildman–Crippen MR) is 91.8 cm³/mol. The lowest BCUT2D eigenvalue weighted by Gasteiger charge is -2.33. The summed E-state index contributed by atoms with van der Waals surface area (Å²) >= 11 is 2.00. The van der Waals surface area contributed by atoms with Gasteiger partial charge in [0, 0.05) is 23.6 Å². The van der Waals surface area contributed by atoms with Crippen molar-refractivity contribution in [2.45, 2.75) is 17.7 Å². The highest BCUT2D eigenvalue weighted by Crippen LogP contribution is 2.39. The first kappa shape index (κ1) is 13.7. The fourth-order valence-electron chi connectivity index (χ4n) is 3.29. The van der Waals surface area contributed by atoms with Crippen LogP contribution in [0, 0.1) is 0 Å². The molecule has 112 valence electrons. The quantitative estimate of drug-likeness (QED) is 0.832. The maximum absolute atomic E-state index is 13.2. The second-order valence-corrected chi connectivity index (χ2v) is 7.12. The van der Waals surface area contributed by atoms with Crippen molar-refractivity contribution in [1.29, 1.82) is 0 Å². The summed E-state index contributed by atoms with van der Waals surface area (Å²) in [6, 6.07) is 20.3. The number of para-hydroxylation sites is 2. The number of anilines is 2. The number of likely N-dealkylation sites (tertiary alicyclic amines) is 1. The Kier molecular flexibility index (Phi) is 3.54. The van der Waals surface area contributed by atoms with Crippen molar-refractivity contribution < 1.29 is 4.79 Å². The molecule has 2 amide bonds. The number of nitrogens with zero attached hydrogens (tertiary/aromatic N) is 2. The van der Waals surface area contributed by atoms with Crippen LogP contribution in [0.1, 0.15) is 6.42 Å². The van der Waals surface area contributed by atoms with E-state index in [4.69, 9.17) is 0 Å². The van der Waals surface area contributed by atoms with Crippen LogP contribution >= 0.6 is 11.8 Å². The topological polar surface area (TPSA) is 23.6 Å². The van der Waals surface area contributed by atoms with Gasteiger partial charge in [0.15, 0.2) is 0 Å². The third-order valence-electron chi connectivity index (χ3n) is 4.37. The first-order valence-corrected chi connectivity index (χ1v) is 8.70. The molecule has 2 aliphatic heterocycles. The Hall–Kier alpha value is -1.94. The van der Waals surface area contributed by atoms with Gasteiger partial charge in [-0.1, -0.05) is 36.4 Å². The van der Waals surface area contributed by atoms with Crippen LogP contribution in [0.25, 0.3) is 0 Å². The summed E-state index contributed by atoms with van der Waals surface area (Å²) in [6.45, 7) is 0.879. The molecule has 4 rings (SSSR count). The number of carbonyl (C=O) groups excluding carboxylic acids is 1. The van der Waals surface area contributed by atoms with E-state index in [2.05, 4.69) is 4.90 Å². The highest BCUT2D eigenvalue weighted by molar-refractivity contribution is 8.00. The number of thioether (sulfide) groups is 1. The van der Waals surface area contributed by atoms with Crippen molar-refractivity contribution in [3.63, 3.8) is 0 Å². The lowest BCUT2D eigenvalue weighted by molar-refractivity contribution is 0.205. The number of hydrogen-bond acceptors (Lipinski definition) is 2. The van der Waals surface area contributed by atoms with E-state index < -0.39 is 0 Å². The molecule has 3 nitrogen and oxygen atoms in total. The Balaban J connectivity index is 1.70. The van der Waals surface area contributed by atoms with E-state index in [1.165, 1.54) is 0 Å². The molecule has 2 aromatic carbocycles. The van der Waals surface area contributed by atoms with Gasteiger partial charge in [0.1, 0.15) is 0 Å². The SMILES string of the molecule is O=C(N(c1ccccc1)c1ccccc1)N1CC2CC1CS2. The zero-order chi connectivity index (χ0) is 14.9. The van der Waals surface area contributed by atoms with Crippen LogP contribution in [-0.2, 0) is 0 Å². The molecule has 0 aromatic heterocycles. The van der Waals surface area contributed by atoms with E-state index in [9.17, 15) is 4.79 Å². The molecule has 22 heavy (non-hydrogen) atoms. The van der Waals surface area contributed by atoms with Gasteiger partial charge in [-0.15, -0.1) is 0 Å². The Bertz CT molecular complexity index is 622.